The maximum absolute atomic E-state index is 12.1. The number of aryl methyl sites for hydroxylation is 1. The zero-order valence-electron chi connectivity index (χ0n) is 11.4. The van der Waals surface area contributed by atoms with Gasteiger partial charge in [-0.05, 0) is 20.3 Å². The van der Waals surface area contributed by atoms with Gasteiger partial charge < -0.3 is 10.3 Å². The lowest BCUT2D eigenvalue weighted by molar-refractivity contribution is 0.0965. The van der Waals surface area contributed by atoms with Gasteiger partial charge >= 0.3 is 0 Å². The fourth-order valence-corrected chi connectivity index (χ4v) is 1.96. The molecule has 0 unspecified atom stereocenters. The standard InChI is InChI=1S/C13H15Cl2N3O2/c1-4-5-10(15)11(7(2)14)18-13(20)9-6-16-8(3)17-12(9)19/h5-6H,4H2,1-3H3,(H,18,20)(H,16,17,19)/b10-5+,11-7-. The number of aromatic amines is 1. The van der Waals surface area contributed by atoms with E-state index < -0.39 is 11.5 Å². The Morgan fingerprint density at radius 1 is 1.50 bits per heavy atom. The topological polar surface area (TPSA) is 74.8 Å². The van der Waals surface area contributed by atoms with Crippen LogP contribution in [0.4, 0.5) is 0 Å². The van der Waals surface area contributed by atoms with Gasteiger partial charge in [0.1, 0.15) is 11.4 Å². The van der Waals surface area contributed by atoms with Gasteiger partial charge in [-0.2, -0.15) is 0 Å². The van der Waals surface area contributed by atoms with Crippen LogP contribution in [0.1, 0.15) is 36.5 Å². The lowest BCUT2D eigenvalue weighted by Gasteiger charge is -2.10. The number of halogens is 2. The molecule has 5 nitrogen and oxygen atoms in total. The molecule has 7 heteroatoms. The van der Waals surface area contributed by atoms with Crippen LogP contribution in [0.15, 0.2) is 32.8 Å². The average Bonchev–Trinajstić information content (AvgIpc) is 2.35. The van der Waals surface area contributed by atoms with Crippen molar-refractivity contribution in [1.82, 2.24) is 15.3 Å². The molecule has 20 heavy (non-hydrogen) atoms. The number of nitrogens with zero attached hydrogens (tertiary/aromatic N) is 1. The molecule has 0 radical (unpaired) electrons. The van der Waals surface area contributed by atoms with Crippen molar-refractivity contribution in [3.8, 4) is 0 Å². The lowest BCUT2D eigenvalue weighted by Crippen LogP contribution is -2.30. The fraction of sp³-hybridized carbons (Fsp3) is 0.308. The summed E-state index contributed by atoms with van der Waals surface area (Å²) in [4.78, 5) is 30.1. The molecule has 0 aliphatic carbocycles. The molecule has 0 aliphatic heterocycles. The maximum Gasteiger partial charge on any atom is 0.263 e. The number of rotatable bonds is 4. The van der Waals surface area contributed by atoms with Crippen molar-refractivity contribution in [2.24, 2.45) is 0 Å². The Morgan fingerprint density at radius 3 is 2.65 bits per heavy atom. The molecule has 1 aromatic heterocycles. The third-order valence-corrected chi connectivity index (χ3v) is 2.91. The minimum atomic E-state index is -0.614. The van der Waals surface area contributed by atoms with E-state index >= 15 is 0 Å². The minimum absolute atomic E-state index is 0.105. The zero-order chi connectivity index (χ0) is 15.3. The Balaban J connectivity index is 3.08. The smallest absolute Gasteiger partial charge is 0.263 e. The third kappa shape index (κ3) is 4.21. The van der Waals surface area contributed by atoms with Crippen molar-refractivity contribution in [3.63, 3.8) is 0 Å². The second-order valence-corrected chi connectivity index (χ2v) is 5.01. The molecule has 1 amide bonds. The number of aromatic nitrogens is 2. The summed E-state index contributed by atoms with van der Waals surface area (Å²) in [6.07, 6.45) is 3.61. The van der Waals surface area contributed by atoms with Crippen LogP contribution in [0, 0.1) is 6.92 Å². The predicted octanol–water partition coefficient (Wildman–Crippen LogP) is 2.81. The zero-order valence-corrected chi connectivity index (χ0v) is 12.9. The first kappa shape index (κ1) is 16.5. The number of hydrogen-bond acceptors (Lipinski definition) is 3. The van der Waals surface area contributed by atoms with E-state index in [1.165, 1.54) is 6.20 Å². The first-order valence-corrected chi connectivity index (χ1v) is 6.72. The summed E-state index contributed by atoms with van der Waals surface area (Å²) >= 11 is 12.0. The first-order valence-electron chi connectivity index (χ1n) is 5.96. The van der Waals surface area contributed by atoms with Crippen molar-refractivity contribution >= 4 is 29.1 Å². The van der Waals surface area contributed by atoms with E-state index in [-0.39, 0.29) is 11.3 Å². The van der Waals surface area contributed by atoms with Gasteiger partial charge in [0.25, 0.3) is 11.5 Å². The van der Waals surface area contributed by atoms with Crippen LogP contribution in [-0.2, 0) is 0 Å². The van der Waals surface area contributed by atoms with E-state index in [0.29, 0.717) is 22.3 Å². The Labute approximate surface area is 126 Å². The Kier molecular flexibility index (Phi) is 5.98. The molecule has 0 aliphatic rings. The number of hydrogen-bond donors (Lipinski definition) is 2. The van der Waals surface area contributed by atoms with Gasteiger partial charge in [0.05, 0.1) is 10.7 Å². The van der Waals surface area contributed by atoms with Gasteiger partial charge in [-0.15, -0.1) is 0 Å². The molecular weight excluding hydrogens is 301 g/mol. The molecule has 1 rings (SSSR count). The quantitative estimate of drug-likeness (QED) is 0.839. The van der Waals surface area contributed by atoms with Crippen molar-refractivity contribution < 1.29 is 4.79 Å². The first-order chi connectivity index (χ1) is 9.36. The summed E-state index contributed by atoms with van der Waals surface area (Å²) in [6.45, 7) is 5.12. The molecular formula is C13H15Cl2N3O2. The minimum Gasteiger partial charge on any atom is -0.319 e. The van der Waals surface area contributed by atoms with Gasteiger partial charge in [-0.25, -0.2) is 4.98 Å². The number of nitrogens with one attached hydrogen (secondary N) is 2. The molecule has 0 spiro atoms. The number of H-pyrrole nitrogens is 1. The number of carbonyl (C=O) groups excluding carboxylic acids is 1. The highest BCUT2D eigenvalue weighted by Gasteiger charge is 2.15. The molecule has 108 valence electrons. The van der Waals surface area contributed by atoms with Gasteiger partial charge in [-0.3, -0.25) is 9.59 Å². The highest BCUT2D eigenvalue weighted by molar-refractivity contribution is 6.35. The lowest BCUT2D eigenvalue weighted by atomic mass is 10.2. The van der Waals surface area contributed by atoms with Crippen LogP contribution in [0.25, 0.3) is 0 Å². The van der Waals surface area contributed by atoms with E-state index in [1.807, 2.05) is 6.92 Å². The van der Waals surface area contributed by atoms with Crippen LogP contribution in [0.2, 0.25) is 0 Å². The van der Waals surface area contributed by atoms with Gasteiger partial charge in [0.15, 0.2) is 0 Å². The predicted molar refractivity (Wildman–Crippen MR) is 79.8 cm³/mol. The van der Waals surface area contributed by atoms with Crippen LogP contribution in [0.5, 0.6) is 0 Å². The summed E-state index contributed by atoms with van der Waals surface area (Å²) < 4.78 is 0. The third-order valence-electron chi connectivity index (χ3n) is 2.38. The average molecular weight is 316 g/mol. The van der Waals surface area contributed by atoms with Crippen molar-refractivity contribution in [2.45, 2.75) is 27.2 Å². The second-order valence-electron chi connectivity index (χ2n) is 4.03. The largest absolute Gasteiger partial charge is 0.319 e. The molecule has 0 saturated carbocycles. The van der Waals surface area contributed by atoms with Gasteiger partial charge in [0.2, 0.25) is 0 Å². The SMILES string of the molecule is CC/C=C(Cl)\C(NC(=O)c1cnc(C)[nH]c1=O)=C(/C)Cl. The molecule has 0 aromatic carbocycles. The Morgan fingerprint density at radius 2 is 2.15 bits per heavy atom. The number of amides is 1. The number of carbonyl (C=O) groups is 1. The van der Waals surface area contributed by atoms with E-state index in [2.05, 4.69) is 15.3 Å². The normalized spacial score (nSPS) is 12.9. The Bertz CT molecular complexity index is 629. The fourth-order valence-electron chi connectivity index (χ4n) is 1.42. The molecule has 0 bridgehead atoms. The summed E-state index contributed by atoms with van der Waals surface area (Å²) in [5.41, 5.74) is -0.343. The monoisotopic (exact) mass is 315 g/mol. The Hall–Kier alpha value is -1.59. The van der Waals surface area contributed by atoms with Crippen LogP contribution in [0.3, 0.4) is 0 Å². The van der Waals surface area contributed by atoms with E-state index in [0.717, 1.165) is 0 Å². The van der Waals surface area contributed by atoms with E-state index in [9.17, 15) is 9.59 Å². The second kappa shape index (κ2) is 7.26. The van der Waals surface area contributed by atoms with Crippen molar-refractivity contribution in [1.29, 1.82) is 0 Å². The molecule has 0 saturated heterocycles. The van der Waals surface area contributed by atoms with Crippen LogP contribution < -0.4 is 10.9 Å². The number of allylic oxidation sites excluding steroid dienone is 3. The van der Waals surface area contributed by atoms with Crippen LogP contribution in [-0.4, -0.2) is 15.9 Å². The molecule has 0 fully saturated rings. The molecule has 1 aromatic rings. The molecule has 0 atom stereocenters. The van der Waals surface area contributed by atoms with Crippen molar-refractivity contribution in [2.75, 3.05) is 0 Å². The van der Waals surface area contributed by atoms with Crippen molar-refractivity contribution in [3.05, 3.63) is 49.8 Å². The summed E-state index contributed by atoms with van der Waals surface area (Å²) in [5, 5.41) is 3.17. The van der Waals surface area contributed by atoms with Crippen LogP contribution >= 0.6 is 23.2 Å². The molecule has 2 N–H and O–H groups in total. The molecule has 1 heterocycles. The highest BCUT2D eigenvalue weighted by Crippen LogP contribution is 2.19. The van der Waals surface area contributed by atoms with Gasteiger partial charge in [-0.1, -0.05) is 36.2 Å². The van der Waals surface area contributed by atoms with E-state index in [4.69, 9.17) is 23.2 Å². The maximum atomic E-state index is 12.1. The highest BCUT2D eigenvalue weighted by atomic mass is 35.5. The van der Waals surface area contributed by atoms with Gasteiger partial charge in [0, 0.05) is 11.2 Å². The van der Waals surface area contributed by atoms with E-state index in [1.54, 1.807) is 19.9 Å². The summed E-state index contributed by atoms with van der Waals surface area (Å²) in [5.74, 6) is -0.184. The summed E-state index contributed by atoms with van der Waals surface area (Å²) in [6, 6.07) is 0. The summed E-state index contributed by atoms with van der Waals surface area (Å²) in [7, 11) is 0.